The van der Waals surface area contributed by atoms with Gasteiger partial charge in [-0.3, -0.25) is 14.6 Å². The molecule has 0 aliphatic carbocycles. The van der Waals surface area contributed by atoms with E-state index >= 15 is 0 Å². The highest BCUT2D eigenvalue weighted by molar-refractivity contribution is 6.30. The number of nitrogens with one attached hydrogen (secondary N) is 1. The molecule has 0 aliphatic rings. The molecule has 0 spiro atoms. The number of nitrogens with zero attached hydrogens (tertiary/aromatic N) is 2. The molecule has 0 amide bonds. The maximum absolute atomic E-state index is 13.6. The summed E-state index contributed by atoms with van der Waals surface area (Å²) in [5.74, 6) is -0.558. The van der Waals surface area contributed by atoms with E-state index in [0.29, 0.717) is 11.3 Å². The number of pyridine rings is 1. The first-order valence-electron chi connectivity index (χ1n) is 4.57. The lowest BCUT2D eigenvalue weighted by Gasteiger charge is -2.00. The molecule has 0 bridgehead atoms. The summed E-state index contributed by atoms with van der Waals surface area (Å²) in [5.41, 5.74) is 0.698. The van der Waals surface area contributed by atoms with E-state index in [1.165, 1.54) is 10.9 Å². The van der Waals surface area contributed by atoms with Crippen molar-refractivity contribution in [1.82, 2.24) is 14.8 Å². The number of H-pyrrole nitrogens is 1. The van der Waals surface area contributed by atoms with Crippen LogP contribution < -0.4 is 5.56 Å². The summed E-state index contributed by atoms with van der Waals surface area (Å²) in [6, 6.07) is 1.16. The van der Waals surface area contributed by atoms with Gasteiger partial charge in [0.05, 0.1) is 10.7 Å². The third-order valence-corrected chi connectivity index (χ3v) is 2.53. The van der Waals surface area contributed by atoms with Crippen LogP contribution in [-0.4, -0.2) is 14.8 Å². The monoisotopic (exact) mass is 241 g/mol. The Morgan fingerprint density at radius 3 is 2.75 bits per heavy atom. The first-order valence-corrected chi connectivity index (χ1v) is 4.95. The molecule has 2 heterocycles. The smallest absolute Gasteiger partial charge is 0.269 e. The van der Waals surface area contributed by atoms with Crippen molar-refractivity contribution in [1.29, 1.82) is 0 Å². The Morgan fingerprint density at radius 1 is 1.56 bits per heavy atom. The Balaban J connectivity index is 2.68. The number of aromatic nitrogens is 3. The van der Waals surface area contributed by atoms with Crippen LogP contribution in [0.4, 0.5) is 4.39 Å². The first-order chi connectivity index (χ1) is 7.50. The van der Waals surface area contributed by atoms with Gasteiger partial charge in [0.2, 0.25) is 0 Å². The fourth-order valence-electron chi connectivity index (χ4n) is 1.49. The number of hydrogen-bond donors (Lipinski definition) is 1. The molecule has 2 aromatic rings. The zero-order valence-corrected chi connectivity index (χ0v) is 9.47. The lowest BCUT2D eigenvalue weighted by molar-refractivity contribution is 0.624. The predicted molar refractivity (Wildman–Crippen MR) is 59.0 cm³/mol. The number of halogens is 2. The maximum atomic E-state index is 13.6. The number of rotatable bonds is 1. The topological polar surface area (TPSA) is 50.7 Å². The van der Waals surface area contributed by atoms with Crippen molar-refractivity contribution < 1.29 is 4.39 Å². The van der Waals surface area contributed by atoms with Crippen molar-refractivity contribution in [3.05, 3.63) is 39.0 Å². The van der Waals surface area contributed by atoms with E-state index in [2.05, 4.69) is 10.1 Å². The van der Waals surface area contributed by atoms with E-state index in [0.717, 1.165) is 6.07 Å². The van der Waals surface area contributed by atoms with Crippen molar-refractivity contribution in [2.45, 2.75) is 6.92 Å². The fraction of sp³-hybridized carbons (Fsp3) is 0.200. The molecule has 2 aromatic heterocycles. The zero-order chi connectivity index (χ0) is 11.9. The Bertz CT molecular complexity index is 603. The van der Waals surface area contributed by atoms with Crippen LogP contribution in [0.15, 0.2) is 17.1 Å². The van der Waals surface area contributed by atoms with E-state index in [-0.39, 0.29) is 16.3 Å². The van der Waals surface area contributed by atoms with Crippen LogP contribution in [0, 0.1) is 12.7 Å². The maximum Gasteiger partial charge on any atom is 0.269 e. The lowest BCUT2D eigenvalue weighted by Crippen LogP contribution is -2.12. The van der Waals surface area contributed by atoms with Crippen molar-refractivity contribution in [2.75, 3.05) is 0 Å². The standard InChI is InChI=1S/C10H9ClFN3O/c1-5-8(14-15(2)10(5)16)9-7(12)3-6(11)4-13-9/h3-4,14H,1-2H3. The van der Waals surface area contributed by atoms with E-state index in [9.17, 15) is 9.18 Å². The fourth-order valence-corrected chi connectivity index (χ4v) is 1.63. The second kappa shape index (κ2) is 3.75. The Kier molecular flexibility index (Phi) is 2.55. The number of hydrogen-bond acceptors (Lipinski definition) is 2. The largest absolute Gasteiger partial charge is 0.293 e. The normalized spacial score (nSPS) is 10.8. The minimum atomic E-state index is -0.558. The van der Waals surface area contributed by atoms with Crippen LogP contribution in [0.2, 0.25) is 5.02 Å². The van der Waals surface area contributed by atoms with Crippen molar-refractivity contribution in [2.24, 2.45) is 7.05 Å². The minimum Gasteiger partial charge on any atom is -0.293 e. The van der Waals surface area contributed by atoms with Gasteiger partial charge in [0, 0.05) is 18.8 Å². The third kappa shape index (κ3) is 1.63. The molecule has 0 aliphatic heterocycles. The van der Waals surface area contributed by atoms with Gasteiger partial charge in [-0.15, -0.1) is 0 Å². The summed E-state index contributed by atoms with van der Waals surface area (Å²) in [4.78, 5) is 15.4. The molecule has 16 heavy (non-hydrogen) atoms. The van der Waals surface area contributed by atoms with Crippen molar-refractivity contribution in [3.8, 4) is 11.4 Å². The van der Waals surface area contributed by atoms with Crippen LogP contribution in [0.3, 0.4) is 0 Å². The summed E-state index contributed by atoms with van der Waals surface area (Å²) < 4.78 is 14.9. The second-order valence-corrected chi connectivity index (χ2v) is 3.90. The molecule has 1 N–H and O–H groups in total. The summed E-state index contributed by atoms with van der Waals surface area (Å²) in [5, 5.41) is 2.97. The molecular formula is C10H9ClFN3O. The molecule has 2 rings (SSSR count). The summed E-state index contributed by atoms with van der Waals surface area (Å²) >= 11 is 5.60. The number of aromatic amines is 1. The average molecular weight is 242 g/mol. The van der Waals surface area contributed by atoms with Crippen molar-refractivity contribution in [3.63, 3.8) is 0 Å². The van der Waals surface area contributed by atoms with Crippen molar-refractivity contribution >= 4 is 11.6 Å². The third-order valence-electron chi connectivity index (χ3n) is 2.32. The molecule has 0 unspecified atom stereocenters. The first kappa shape index (κ1) is 10.9. The summed E-state index contributed by atoms with van der Waals surface area (Å²) in [6.07, 6.45) is 1.34. The average Bonchev–Trinajstić information content (AvgIpc) is 2.46. The molecule has 0 atom stereocenters. The summed E-state index contributed by atoms with van der Waals surface area (Å²) in [7, 11) is 1.56. The highest BCUT2D eigenvalue weighted by Crippen LogP contribution is 2.22. The van der Waals surface area contributed by atoms with E-state index in [1.54, 1.807) is 14.0 Å². The summed E-state index contributed by atoms with van der Waals surface area (Å²) in [6.45, 7) is 1.61. The molecule has 0 radical (unpaired) electrons. The Labute approximate surface area is 95.7 Å². The number of aryl methyl sites for hydroxylation is 1. The van der Waals surface area contributed by atoms with Gasteiger partial charge in [-0.1, -0.05) is 11.6 Å². The SMILES string of the molecule is Cc1c(-c2ncc(Cl)cc2F)[nH]n(C)c1=O. The molecule has 0 saturated heterocycles. The van der Waals surface area contributed by atoms with Crippen LogP contribution in [0.25, 0.3) is 11.4 Å². The van der Waals surface area contributed by atoms with Gasteiger partial charge in [0.25, 0.3) is 5.56 Å². The van der Waals surface area contributed by atoms with Gasteiger partial charge in [-0.25, -0.2) is 9.37 Å². The van der Waals surface area contributed by atoms with Gasteiger partial charge in [-0.05, 0) is 13.0 Å². The molecule has 4 nitrogen and oxygen atoms in total. The molecule has 0 saturated carbocycles. The Morgan fingerprint density at radius 2 is 2.25 bits per heavy atom. The predicted octanol–water partition coefficient (Wildman–Crippen LogP) is 1.88. The van der Waals surface area contributed by atoms with Gasteiger partial charge < -0.3 is 0 Å². The van der Waals surface area contributed by atoms with Gasteiger partial charge >= 0.3 is 0 Å². The zero-order valence-electron chi connectivity index (χ0n) is 8.71. The quantitative estimate of drug-likeness (QED) is 0.829. The van der Waals surface area contributed by atoms with Crippen LogP contribution >= 0.6 is 11.6 Å². The van der Waals surface area contributed by atoms with Gasteiger partial charge in [0.15, 0.2) is 5.82 Å². The van der Waals surface area contributed by atoms with Crippen LogP contribution in [-0.2, 0) is 7.05 Å². The van der Waals surface area contributed by atoms with Crippen LogP contribution in [0.5, 0.6) is 0 Å². The lowest BCUT2D eigenvalue weighted by atomic mass is 10.2. The second-order valence-electron chi connectivity index (χ2n) is 3.46. The molecule has 0 aromatic carbocycles. The van der Waals surface area contributed by atoms with E-state index < -0.39 is 5.82 Å². The highest BCUT2D eigenvalue weighted by Gasteiger charge is 2.15. The molecule has 84 valence electrons. The Hall–Kier alpha value is -1.62. The van der Waals surface area contributed by atoms with E-state index in [4.69, 9.17) is 11.6 Å². The molecular weight excluding hydrogens is 233 g/mol. The highest BCUT2D eigenvalue weighted by atomic mass is 35.5. The minimum absolute atomic E-state index is 0.0969. The van der Waals surface area contributed by atoms with E-state index in [1.807, 2.05) is 0 Å². The molecule has 0 fully saturated rings. The van der Waals surface area contributed by atoms with Gasteiger partial charge in [-0.2, -0.15) is 0 Å². The van der Waals surface area contributed by atoms with Crippen LogP contribution in [0.1, 0.15) is 5.56 Å². The van der Waals surface area contributed by atoms with Gasteiger partial charge in [0.1, 0.15) is 5.69 Å². The molecule has 6 heteroatoms.